The van der Waals surface area contributed by atoms with E-state index in [1.165, 1.54) is 22.4 Å². The Balaban J connectivity index is 1.43. The van der Waals surface area contributed by atoms with Crippen molar-refractivity contribution in [3.05, 3.63) is 56.9 Å². The number of aromatic nitrogens is 4. The summed E-state index contributed by atoms with van der Waals surface area (Å²) in [6.07, 6.45) is 2.13. The van der Waals surface area contributed by atoms with Crippen molar-refractivity contribution < 1.29 is 4.79 Å². The number of para-hydroxylation sites is 2. The van der Waals surface area contributed by atoms with E-state index in [9.17, 15) is 14.4 Å². The van der Waals surface area contributed by atoms with E-state index in [1.54, 1.807) is 7.05 Å². The third-order valence-corrected chi connectivity index (χ3v) is 7.04. The average Bonchev–Trinajstić information content (AvgIpc) is 3.11. The number of benzene rings is 1. The van der Waals surface area contributed by atoms with Gasteiger partial charge in [-0.2, -0.15) is 0 Å². The molecule has 1 saturated heterocycles. The molecule has 1 fully saturated rings. The Morgan fingerprint density at radius 2 is 1.97 bits per heavy atom. The summed E-state index contributed by atoms with van der Waals surface area (Å²) in [7, 11) is 1.68. The van der Waals surface area contributed by atoms with Gasteiger partial charge in [0.1, 0.15) is 0 Å². The Morgan fingerprint density at radius 1 is 1.26 bits per heavy atom. The van der Waals surface area contributed by atoms with Gasteiger partial charge in [-0.3, -0.25) is 18.7 Å². The van der Waals surface area contributed by atoms with Crippen molar-refractivity contribution in [3.63, 3.8) is 0 Å². The fraction of sp³-hybridized carbons (Fsp3) is 0.455. The molecule has 1 unspecified atom stereocenters. The maximum absolute atomic E-state index is 13.0. The van der Waals surface area contributed by atoms with Crippen LogP contribution in [0.3, 0.4) is 0 Å². The number of aryl methyl sites for hydroxylation is 1. The Labute approximate surface area is 184 Å². The number of rotatable bonds is 5. The van der Waals surface area contributed by atoms with Gasteiger partial charge in [-0.05, 0) is 38.3 Å². The minimum absolute atomic E-state index is 0.0332. The maximum atomic E-state index is 13.0. The summed E-state index contributed by atoms with van der Waals surface area (Å²) >= 11 is 1.32. The van der Waals surface area contributed by atoms with Crippen LogP contribution in [0.5, 0.6) is 0 Å². The van der Waals surface area contributed by atoms with Crippen LogP contribution < -0.4 is 11.2 Å². The Morgan fingerprint density at radius 3 is 2.68 bits per heavy atom. The number of piperidine rings is 1. The van der Waals surface area contributed by atoms with Crippen LogP contribution in [0.1, 0.15) is 38.4 Å². The molecule has 3 aromatic rings. The number of hydrogen-bond acceptors (Lipinski definition) is 5. The molecule has 9 heteroatoms. The number of likely N-dealkylation sites (tertiary alicyclic amines) is 1. The first kappa shape index (κ1) is 21.4. The average molecular weight is 442 g/mol. The van der Waals surface area contributed by atoms with Gasteiger partial charge in [0.25, 0.3) is 5.56 Å². The number of nitrogens with one attached hydrogen (secondary N) is 1. The first-order valence-corrected chi connectivity index (χ1v) is 11.5. The highest BCUT2D eigenvalue weighted by atomic mass is 32.2. The molecule has 1 aliphatic rings. The van der Waals surface area contributed by atoms with Gasteiger partial charge in [0.05, 0.1) is 16.3 Å². The molecule has 0 saturated carbocycles. The summed E-state index contributed by atoms with van der Waals surface area (Å²) in [4.78, 5) is 46.9. The topological polar surface area (TPSA) is 93.0 Å². The zero-order chi connectivity index (χ0) is 22.1. The number of hydrogen-bond donors (Lipinski definition) is 1. The Kier molecular flexibility index (Phi) is 6.04. The van der Waals surface area contributed by atoms with Gasteiger partial charge in [0.15, 0.2) is 5.16 Å². The van der Waals surface area contributed by atoms with E-state index in [0.29, 0.717) is 24.7 Å². The molecule has 3 heterocycles. The van der Waals surface area contributed by atoms with Crippen LogP contribution in [-0.4, -0.2) is 48.2 Å². The molecule has 4 rings (SSSR count). The molecule has 164 valence electrons. The van der Waals surface area contributed by atoms with Crippen LogP contribution in [0.4, 0.5) is 0 Å². The molecule has 0 radical (unpaired) electrons. The summed E-state index contributed by atoms with van der Waals surface area (Å²) in [6, 6.07) is 9.29. The van der Waals surface area contributed by atoms with E-state index in [1.807, 2.05) is 47.6 Å². The fourth-order valence-electron chi connectivity index (χ4n) is 4.10. The molecule has 0 bridgehead atoms. The second-order valence-electron chi connectivity index (χ2n) is 7.91. The van der Waals surface area contributed by atoms with Gasteiger partial charge in [-0.25, -0.2) is 9.78 Å². The van der Waals surface area contributed by atoms with Crippen molar-refractivity contribution in [2.75, 3.05) is 13.1 Å². The van der Waals surface area contributed by atoms with Crippen LogP contribution >= 0.6 is 11.8 Å². The van der Waals surface area contributed by atoms with E-state index in [4.69, 9.17) is 0 Å². The molecule has 1 aliphatic heterocycles. The molecule has 1 aromatic carbocycles. The van der Waals surface area contributed by atoms with Gasteiger partial charge < -0.3 is 9.88 Å². The van der Waals surface area contributed by atoms with Crippen molar-refractivity contribution in [1.29, 1.82) is 0 Å². The van der Waals surface area contributed by atoms with E-state index in [0.717, 1.165) is 29.6 Å². The molecule has 1 atom stereocenters. The van der Waals surface area contributed by atoms with Crippen LogP contribution in [0.15, 0.2) is 45.1 Å². The predicted molar refractivity (Wildman–Crippen MR) is 122 cm³/mol. The van der Waals surface area contributed by atoms with Crippen LogP contribution in [-0.2, 0) is 18.3 Å². The fourth-order valence-corrected chi connectivity index (χ4v) is 5.08. The molecule has 1 amide bonds. The highest BCUT2D eigenvalue weighted by Gasteiger charge is 2.29. The smallest absolute Gasteiger partial charge is 0.326 e. The van der Waals surface area contributed by atoms with Crippen LogP contribution in [0, 0.1) is 0 Å². The predicted octanol–water partition coefficient (Wildman–Crippen LogP) is 2.33. The molecule has 0 spiro atoms. The number of imidazole rings is 1. The molecule has 1 N–H and O–H groups in total. The van der Waals surface area contributed by atoms with Crippen molar-refractivity contribution >= 4 is 28.7 Å². The second-order valence-corrected chi connectivity index (χ2v) is 9.22. The molecule has 2 aromatic heterocycles. The normalized spacial score (nSPS) is 16.0. The van der Waals surface area contributed by atoms with E-state index < -0.39 is 0 Å². The molecular formula is C22H27N5O3S. The minimum atomic E-state index is -0.349. The number of thioether (sulfide) groups is 1. The van der Waals surface area contributed by atoms with Crippen molar-refractivity contribution in [2.45, 2.75) is 49.6 Å². The quantitative estimate of drug-likeness (QED) is 0.485. The van der Waals surface area contributed by atoms with Crippen molar-refractivity contribution in [2.24, 2.45) is 7.05 Å². The van der Waals surface area contributed by atoms with E-state index in [-0.39, 0.29) is 28.4 Å². The standard InChI is InChI=1S/C22H27N5O3S/c1-4-15-13-19(28)25(3)22(23-15)31-14(2)20(29)26-11-9-16(10-12-26)27-18-8-6-5-7-17(18)24-21(27)30/h5-8,13-14,16H,4,9-12H2,1-3H3,(H,24,30). The summed E-state index contributed by atoms with van der Waals surface area (Å²) in [5.41, 5.74) is 2.26. The number of amides is 1. The number of carbonyl (C=O) groups excluding carboxylic acids is 1. The summed E-state index contributed by atoms with van der Waals surface area (Å²) in [5.74, 6) is 0.0332. The first-order valence-electron chi connectivity index (χ1n) is 10.6. The van der Waals surface area contributed by atoms with Crippen molar-refractivity contribution in [3.8, 4) is 0 Å². The largest absolute Gasteiger partial charge is 0.342 e. The molecule has 31 heavy (non-hydrogen) atoms. The van der Waals surface area contributed by atoms with E-state index >= 15 is 0 Å². The van der Waals surface area contributed by atoms with Gasteiger partial charge in [0, 0.05) is 37.9 Å². The zero-order valence-electron chi connectivity index (χ0n) is 18.0. The number of nitrogens with zero attached hydrogens (tertiary/aromatic N) is 4. The molecule has 8 nitrogen and oxygen atoms in total. The minimum Gasteiger partial charge on any atom is -0.342 e. The first-order chi connectivity index (χ1) is 14.9. The highest BCUT2D eigenvalue weighted by molar-refractivity contribution is 8.00. The Hall–Kier alpha value is -2.81. The lowest BCUT2D eigenvalue weighted by Crippen LogP contribution is -2.43. The van der Waals surface area contributed by atoms with Crippen molar-refractivity contribution in [1.82, 2.24) is 24.0 Å². The Bertz CT molecular complexity index is 1220. The summed E-state index contributed by atoms with van der Waals surface area (Å²) < 4.78 is 3.31. The lowest BCUT2D eigenvalue weighted by Gasteiger charge is -2.34. The summed E-state index contributed by atoms with van der Waals surface area (Å²) in [5, 5.41) is 0.211. The molecular weight excluding hydrogens is 414 g/mol. The van der Waals surface area contributed by atoms with Crippen LogP contribution in [0.25, 0.3) is 11.0 Å². The summed E-state index contributed by atoms with van der Waals surface area (Å²) in [6.45, 7) is 5.01. The number of aromatic amines is 1. The maximum Gasteiger partial charge on any atom is 0.326 e. The van der Waals surface area contributed by atoms with E-state index in [2.05, 4.69) is 9.97 Å². The third kappa shape index (κ3) is 4.19. The van der Waals surface area contributed by atoms with Crippen LogP contribution in [0.2, 0.25) is 0 Å². The lowest BCUT2D eigenvalue weighted by molar-refractivity contribution is -0.131. The van der Waals surface area contributed by atoms with Gasteiger partial charge in [0.2, 0.25) is 5.91 Å². The van der Waals surface area contributed by atoms with Gasteiger partial charge >= 0.3 is 5.69 Å². The monoisotopic (exact) mass is 441 g/mol. The zero-order valence-corrected chi connectivity index (χ0v) is 18.8. The SMILES string of the molecule is CCc1cc(=O)n(C)c(SC(C)C(=O)N2CCC(n3c(=O)[nH]c4ccccc43)CC2)n1. The highest BCUT2D eigenvalue weighted by Crippen LogP contribution is 2.27. The number of fused-ring (bicyclic) bond motifs is 1. The lowest BCUT2D eigenvalue weighted by atomic mass is 10.0. The van der Waals surface area contributed by atoms with Gasteiger partial charge in [-0.15, -0.1) is 0 Å². The number of H-pyrrole nitrogens is 1. The third-order valence-electron chi connectivity index (χ3n) is 5.90. The second kappa shape index (κ2) is 8.74. The van der Waals surface area contributed by atoms with Gasteiger partial charge in [-0.1, -0.05) is 30.8 Å². The molecule has 0 aliphatic carbocycles. The number of carbonyl (C=O) groups is 1.